The molecule has 0 aliphatic rings. The number of aliphatic hydroxyl groups is 1. The minimum absolute atomic E-state index is 0.106. The molecule has 0 aromatic rings. The summed E-state index contributed by atoms with van der Waals surface area (Å²) in [5.74, 6) is -1.39. The molecule has 2 unspecified atom stereocenters. The van der Waals surface area contributed by atoms with Crippen molar-refractivity contribution in [2.75, 3.05) is 39.6 Å². The lowest BCUT2D eigenvalue weighted by molar-refractivity contribution is -0.161. The summed E-state index contributed by atoms with van der Waals surface area (Å²) in [7, 11) is -9.88. The summed E-state index contributed by atoms with van der Waals surface area (Å²) in [6, 6.07) is 0. The topological polar surface area (TPSA) is 237 Å². The van der Waals surface area contributed by atoms with Crippen molar-refractivity contribution in [3.8, 4) is 0 Å². The van der Waals surface area contributed by atoms with E-state index in [0.29, 0.717) is 25.7 Å². The van der Waals surface area contributed by atoms with E-state index in [0.717, 1.165) is 102 Å². The minimum atomic E-state index is -4.95. The predicted molar refractivity (Wildman–Crippen MR) is 349 cm³/mol. The number of esters is 4. The Kier molecular flexibility index (Phi) is 60.2. The van der Waals surface area contributed by atoms with Gasteiger partial charge >= 0.3 is 39.5 Å². The number of rotatable bonds is 68. The van der Waals surface area contributed by atoms with Crippen molar-refractivity contribution >= 4 is 39.5 Å². The largest absolute Gasteiger partial charge is 0.472 e. The second-order valence-corrected chi connectivity index (χ2v) is 27.9. The Labute approximate surface area is 530 Å². The maximum Gasteiger partial charge on any atom is 0.472 e. The molecule has 0 aliphatic carbocycles. The number of carbonyl (C=O) groups excluding carboxylic acids is 4. The van der Waals surface area contributed by atoms with Crippen LogP contribution >= 0.6 is 15.6 Å². The third-order valence-corrected chi connectivity index (χ3v) is 17.7. The normalized spacial score (nSPS) is 14.1. The standard InChI is InChI=1S/C68H132O17P2/c1-6-9-12-15-17-19-21-22-23-24-25-26-27-28-30-34-39-44-49-54-68(73)85-64(58-79-66(71)52-47-42-37-35-31-32-36-41-45-50-61(4)5)60-83-87(76,77)81-56-62(69)55-80-86(74,75)82-59-63(57-78-65(70)51-46-40-14-11-8-3)84-67(72)53-48-43-38-33-29-20-18-16-13-10-7-2/h61-64,69H,6-60H2,1-5H3,(H,74,75)(H,76,77)/t62-,63+,64+/m0/s1. The second-order valence-electron chi connectivity index (χ2n) is 25.0. The van der Waals surface area contributed by atoms with Crippen LogP contribution in [0.3, 0.4) is 0 Å². The van der Waals surface area contributed by atoms with Crippen molar-refractivity contribution in [3.63, 3.8) is 0 Å². The molecule has 0 aliphatic heterocycles. The zero-order valence-corrected chi connectivity index (χ0v) is 57.9. The van der Waals surface area contributed by atoms with Crippen molar-refractivity contribution < 1.29 is 80.2 Å². The van der Waals surface area contributed by atoms with E-state index < -0.39 is 97.5 Å². The van der Waals surface area contributed by atoms with Gasteiger partial charge in [-0.1, -0.05) is 298 Å². The van der Waals surface area contributed by atoms with E-state index in [4.69, 9.17) is 37.0 Å². The lowest BCUT2D eigenvalue weighted by Crippen LogP contribution is -2.30. The molecule has 0 radical (unpaired) electrons. The van der Waals surface area contributed by atoms with Gasteiger partial charge < -0.3 is 33.8 Å². The molecule has 0 saturated heterocycles. The maximum atomic E-state index is 13.0. The SMILES string of the molecule is CCCCCCCCCCCCCCCCCCCCCC(=O)O[C@H](COC(=O)CCCCCCCCCCCC(C)C)COP(=O)(O)OC[C@@H](O)COP(=O)(O)OC[C@@H](COC(=O)CCCCCCC)OC(=O)CCCCCCCCCCCCC. The van der Waals surface area contributed by atoms with E-state index in [1.54, 1.807) is 0 Å². The molecular weight excluding hydrogens is 1150 g/mol. The van der Waals surface area contributed by atoms with Gasteiger partial charge in [-0.2, -0.15) is 0 Å². The number of carbonyl (C=O) groups is 4. The van der Waals surface area contributed by atoms with Crippen molar-refractivity contribution in [2.45, 2.75) is 368 Å². The van der Waals surface area contributed by atoms with Gasteiger partial charge in [0.25, 0.3) is 0 Å². The molecule has 0 bridgehead atoms. The molecule has 87 heavy (non-hydrogen) atoms. The average molecular weight is 1280 g/mol. The molecule has 0 aromatic heterocycles. The molecule has 516 valence electrons. The first kappa shape index (κ1) is 85.1. The summed E-state index contributed by atoms with van der Waals surface area (Å²) in [5.41, 5.74) is 0. The number of ether oxygens (including phenoxy) is 4. The molecule has 5 atom stereocenters. The Morgan fingerprint density at radius 1 is 0.310 bits per heavy atom. The van der Waals surface area contributed by atoms with E-state index in [-0.39, 0.29) is 25.7 Å². The average Bonchev–Trinajstić information content (AvgIpc) is 3.71. The van der Waals surface area contributed by atoms with Gasteiger partial charge in [0.1, 0.15) is 19.3 Å². The molecule has 3 N–H and O–H groups in total. The smallest absolute Gasteiger partial charge is 0.462 e. The second kappa shape index (κ2) is 61.6. The highest BCUT2D eigenvalue weighted by Gasteiger charge is 2.30. The van der Waals surface area contributed by atoms with Crippen LogP contribution < -0.4 is 0 Å². The molecular formula is C68H132O17P2. The Morgan fingerprint density at radius 3 is 0.782 bits per heavy atom. The Balaban J connectivity index is 5.13. The van der Waals surface area contributed by atoms with E-state index in [2.05, 4.69) is 34.6 Å². The van der Waals surface area contributed by atoms with Crippen LogP contribution in [-0.4, -0.2) is 96.7 Å². The van der Waals surface area contributed by atoms with Crippen LogP contribution in [0.2, 0.25) is 0 Å². The summed E-state index contributed by atoms with van der Waals surface area (Å²) in [5, 5.41) is 10.5. The number of hydrogen-bond acceptors (Lipinski definition) is 15. The molecule has 0 saturated carbocycles. The first-order chi connectivity index (χ1) is 42.0. The lowest BCUT2D eigenvalue weighted by Gasteiger charge is -2.21. The number of hydrogen-bond donors (Lipinski definition) is 3. The zero-order chi connectivity index (χ0) is 64.2. The summed E-state index contributed by atoms with van der Waals surface area (Å²) >= 11 is 0. The predicted octanol–water partition coefficient (Wildman–Crippen LogP) is 19.4. The monoisotopic (exact) mass is 1280 g/mol. The van der Waals surface area contributed by atoms with Crippen molar-refractivity contribution in [1.29, 1.82) is 0 Å². The quantitative estimate of drug-likeness (QED) is 0.0222. The molecule has 17 nitrogen and oxygen atoms in total. The van der Waals surface area contributed by atoms with Crippen LogP contribution in [0.1, 0.15) is 349 Å². The molecule has 0 aromatic carbocycles. The van der Waals surface area contributed by atoms with E-state index in [9.17, 15) is 43.2 Å². The van der Waals surface area contributed by atoms with Crippen LogP contribution in [-0.2, 0) is 65.4 Å². The van der Waals surface area contributed by atoms with E-state index >= 15 is 0 Å². The van der Waals surface area contributed by atoms with Crippen LogP contribution in [0.5, 0.6) is 0 Å². The molecule has 19 heteroatoms. The Hall–Kier alpha value is -1.94. The van der Waals surface area contributed by atoms with Gasteiger partial charge in [-0.05, 0) is 31.6 Å². The summed E-state index contributed by atoms with van der Waals surface area (Å²) in [4.78, 5) is 72.1. The van der Waals surface area contributed by atoms with Crippen molar-refractivity contribution in [2.24, 2.45) is 5.92 Å². The fraction of sp³-hybridized carbons (Fsp3) is 0.941. The molecule has 0 amide bonds. The lowest BCUT2D eigenvalue weighted by atomic mass is 10.0. The highest BCUT2D eigenvalue weighted by molar-refractivity contribution is 7.47. The van der Waals surface area contributed by atoms with Gasteiger partial charge in [0, 0.05) is 25.7 Å². The number of phosphoric acid groups is 2. The highest BCUT2D eigenvalue weighted by atomic mass is 31.2. The van der Waals surface area contributed by atoms with Gasteiger partial charge in [0.05, 0.1) is 26.4 Å². The minimum Gasteiger partial charge on any atom is -0.462 e. The highest BCUT2D eigenvalue weighted by Crippen LogP contribution is 2.45. The number of phosphoric ester groups is 2. The molecule has 0 heterocycles. The maximum absolute atomic E-state index is 13.0. The summed E-state index contributed by atoms with van der Waals surface area (Å²) in [6.45, 7) is 7.12. The van der Waals surface area contributed by atoms with Crippen molar-refractivity contribution in [3.05, 3.63) is 0 Å². The van der Waals surface area contributed by atoms with Gasteiger partial charge in [-0.15, -0.1) is 0 Å². The fourth-order valence-corrected chi connectivity index (χ4v) is 11.9. The van der Waals surface area contributed by atoms with E-state index in [1.165, 1.54) is 167 Å². The summed E-state index contributed by atoms with van der Waals surface area (Å²) < 4.78 is 68.0. The van der Waals surface area contributed by atoms with Gasteiger partial charge in [-0.25, -0.2) is 9.13 Å². The molecule has 0 rings (SSSR count). The van der Waals surface area contributed by atoms with Gasteiger partial charge in [-0.3, -0.25) is 37.3 Å². The third kappa shape index (κ3) is 62.6. The summed E-state index contributed by atoms with van der Waals surface area (Å²) in [6.07, 6.45) is 47.6. The Morgan fingerprint density at radius 2 is 0.529 bits per heavy atom. The first-order valence-corrected chi connectivity index (χ1v) is 38.6. The van der Waals surface area contributed by atoms with Gasteiger partial charge in [0.2, 0.25) is 0 Å². The third-order valence-electron chi connectivity index (χ3n) is 15.8. The first-order valence-electron chi connectivity index (χ1n) is 35.6. The molecule has 0 spiro atoms. The number of unbranched alkanes of at least 4 members (excludes halogenated alkanes) is 40. The zero-order valence-electron chi connectivity index (χ0n) is 56.2. The van der Waals surface area contributed by atoms with Crippen LogP contribution in [0.15, 0.2) is 0 Å². The molecule has 0 fully saturated rings. The van der Waals surface area contributed by atoms with E-state index in [1.807, 2.05) is 0 Å². The van der Waals surface area contributed by atoms with Gasteiger partial charge in [0.15, 0.2) is 12.2 Å². The Bertz CT molecular complexity index is 1690. The van der Waals surface area contributed by atoms with Crippen LogP contribution in [0, 0.1) is 5.92 Å². The fourth-order valence-electron chi connectivity index (χ4n) is 10.3. The van der Waals surface area contributed by atoms with Crippen LogP contribution in [0.25, 0.3) is 0 Å². The van der Waals surface area contributed by atoms with Crippen molar-refractivity contribution in [1.82, 2.24) is 0 Å². The number of aliphatic hydroxyl groups excluding tert-OH is 1. The van der Waals surface area contributed by atoms with Crippen LogP contribution in [0.4, 0.5) is 0 Å².